The summed E-state index contributed by atoms with van der Waals surface area (Å²) in [5.41, 5.74) is 5.30. The third-order valence-electron chi connectivity index (χ3n) is 6.63. The highest BCUT2D eigenvalue weighted by Crippen LogP contribution is 2.27. The maximum absolute atomic E-state index is 12.9. The first-order valence-electron chi connectivity index (χ1n) is 12.7. The minimum atomic E-state index is 0.0470. The van der Waals surface area contributed by atoms with Gasteiger partial charge in [0.25, 0.3) is 0 Å². The summed E-state index contributed by atoms with van der Waals surface area (Å²) in [5.74, 6) is 0.317. The van der Waals surface area contributed by atoms with Gasteiger partial charge in [-0.1, -0.05) is 63.2 Å². The van der Waals surface area contributed by atoms with Gasteiger partial charge in [-0.3, -0.25) is 9.69 Å². The molecule has 0 radical (unpaired) electrons. The van der Waals surface area contributed by atoms with Crippen LogP contribution in [-0.2, 0) is 24.3 Å². The number of nitriles is 1. The predicted molar refractivity (Wildman–Crippen MR) is 145 cm³/mol. The number of aromatic nitrogens is 3. The van der Waals surface area contributed by atoms with E-state index in [0.29, 0.717) is 13.1 Å². The molecule has 37 heavy (non-hydrogen) atoms. The molecule has 1 saturated heterocycles. The molecule has 0 aliphatic carbocycles. The van der Waals surface area contributed by atoms with Crippen molar-refractivity contribution in [2.24, 2.45) is 5.41 Å². The molecular weight excluding hydrogens is 460 g/mol. The summed E-state index contributed by atoms with van der Waals surface area (Å²) < 4.78 is 2.21. The zero-order valence-electron chi connectivity index (χ0n) is 21.7. The zero-order chi connectivity index (χ0) is 26.0. The highest BCUT2D eigenvalue weighted by Gasteiger charge is 2.25. The van der Waals surface area contributed by atoms with Crippen LogP contribution in [0.25, 0.3) is 11.0 Å². The lowest BCUT2D eigenvalue weighted by atomic mass is 9.96. The van der Waals surface area contributed by atoms with Crippen LogP contribution in [0.2, 0.25) is 0 Å². The second-order valence-electron chi connectivity index (χ2n) is 11.0. The Labute approximate surface area is 218 Å². The number of fused-ring (bicyclic) bond motifs is 1. The number of rotatable bonds is 6. The maximum atomic E-state index is 12.9. The van der Waals surface area contributed by atoms with Gasteiger partial charge in [0.1, 0.15) is 11.7 Å². The van der Waals surface area contributed by atoms with E-state index < -0.39 is 0 Å². The molecule has 0 bridgehead atoms. The molecule has 1 aliphatic rings. The van der Waals surface area contributed by atoms with Gasteiger partial charge in [-0.25, -0.2) is 9.97 Å². The Bertz CT molecular complexity index is 1440. The number of hydrogen-bond acceptors (Lipinski definition) is 5. The summed E-state index contributed by atoms with van der Waals surface area (Å²) >= 11 is 0. The summed E-state index contributed by atoms with van der Waals surface area (Å²) in [6.07, 6.45) is 2.46. The number of carbonyl (C=O) groups excluding carboxylic acids is 1. The number of carbonyl (C=O) groups is 1. The average molecular weight is 493 g/mol. The van der Waals surface area contributed by atoms with Crippen molar-refractivity contribution in [3.8, 4) is 6.07 Å². The lowest BCUT2D eigenvalue weighted by molar-refractivity contribution is -0.121. The van der Waals surface area contributed by atoms with Crippen LogP contribution < -0.4 is 4.90 Å². The van der Waals surface area contributed by atoms with E-state index >= 15 is 0 Å². The fourth-order valence-electron chi connectivity index (χ4n) is 4.92. The Morgan fingerprint density at radius 2 is 1.76 bits per heavy atom. The van der Waals surface area contributed by atoms with Crippen molar-refractivity contribution in [1.82, 2.24) is 19.4 Å². The Morgan fingerprint density at radius 3 is 2.43 bits per heavy atom. The summed E-state index contributed by atoms with van der Waals surface area (Å²) in [6.45, 7) is 10.1. The number of benzene rings is 2. The van der Waals surface area contributed by atoms with Crippen molar-refractivity contribution >= 4 is 22.6 Å². The van der Waals surface area contributed by atoms with Crippen LogP contribution in [0.3, 0.4) is 0 Å². The maximum Gasteiger partial charge on any atom is 0.241 e. The Balaban J connectivity index is 1.31. The molecule has 2 aromatic heterocycles. The molecule has 1 aliphatic heterocycles. The summed E-state index contributed by atoms with van der Waals surface area (Å²) in [4.78, 5) is 25.7. The number of amides is 1. The molecule has 7 heteroatoms. The highest BCUT2D eigenvalue weighted by atomic mass is 16.2. The molecule has 3 heterocycles. The van der Waals surface area contributed by atoms with Gasteiger partial charge in [-0.2, -0.15) is 5.26 Å². The molecule has 0 spiro atoms. The van der Waals surface area contributed by atoms with Crippen molar-refractivity contribution in [2.45, 2.75) is 40.3 Å². The fraction of sp³-hybridized carbons (Fsp3) is 0.333. The van der Waals surface area contributed by atoms with Crippen LogP contribution in [0, 0.1) is 16.7 Å². The second-order valence-corrected chi connectivity index (χ2v) is 11.0. The van der Waals surface area contributed by atoms with E-state index in [1.54, 1.807) is 6.20 Å². The molecule has 0 saturated carbocycles. The molecule has 5 rings (SSSR count). The number of hydrogen-bond donors (Lipinski definition) is 0. The van der Waals surface area contributed by atoms with Crippen LogP contribution in [0.4, 0.5) is 5.69 Å². The predicted octanol–water partition coefficient (Wildman–Crippen LogP) is 4.79. The average Bonchev–Trinajstić information content (AvgIpc) is 3.20. The zero-order valence-corrected chi connectivity index (χ0v) is 21.7. The topological polar surface area (TPSA) is 78.0 Å². The van der Waals surface area contributed by atoms with Crippen LogP contribution >= 0.6 is 0 Å². The molecular formula is C30H32N6O. The molecule has 7 nitrogen and oxygen atoms in total. The van der Waals surface area contributed by atoms with Crippen LogP contribution in [0.15, 0.2) is 66.9 Å². The number of piperazine rings is 1. The molecule has 2 aromatic carbocycles. The Morgan fingerprint density at radius 1 is 1.00 bits per heavy atom. The van der Waals surface area contributed by atoms with E-state index in [1.165, 1.54) is 5.56 Å². The van der Waals surface area contributed by atoms with Gasteiger partial charge in [0.2, 0.25) is 11.7 Å². The largest absolute Gasteiger partial charge is 0.329 e. The monoisotopic (exact) mass is 492 g/mol. The molecule has 0 atom stereocenters. The second kappa shape index (κ2) is 10.2. The molecule has 188 valence electrons. The minimum absolute atomic E-state index is 0.0470. The first-order valence-corrected chi connectivity index (χ1v) is 12.7. The lowest BCUT2D eigenvalue weighted by Crippen LogP contribution is -2.50. The van der Waals surface area contributed by atoms with Gasteiger partial charge >= 0.3 is 0 Å². The van der Waals surface area contributed by atoms with Crippen LogP contribution in [-0.4, -0.2) is 45.0 Å². The minimum Gasteiger partial charge on any atom is -0.329 e. The lowest BCUT2D eigenvalue weighted by Gasteiger charge is -2.34. The normalized spacial score (nSPS) is 14.8. The first kappa shape index (κ1) is 24.7. The van der Waals surface area contributed by atoms with E-state index in [2.05, 4.69) is 76.6 Å². The van der Waals surface area contributed by atoms with Crippen molar-refractivity contribution in [1.29, 1.82) is 5.26 Å². The quantitative estimate of drug-likeness (QED) is 0.387. The molecule has 0 N–H and O–H groups in total. The van der Waals surface area contributed by atoms with Crippen LogP contribution in [0.5, 0.6) is 0 Å². The Kier molecular flexibility index (Phi) is 6.77. The molecule has 4 aromatic rings. The number of anilines is 1. The van der Waals surface area contributed by atoms with Crippen molar-refractivity contribution in [2.75, 3.05) is 24.5 Å². The summed E-state index contributed by atoms with van der Waals surface area (Å²) in [6, 6.07) is 22.8. The smallest absolute Gasteiger partial charge is 0.241 e. The highest BCUT2D eigenvalue weighted by molar-refractivity contribution is 5.95. The van der Waals surface area contributed by atoms with Crippen molar-refractivity contribution in [3.63, 3.8) is 0 Å². The number of nitrogens with zero attached hydrogens (tertiary/aromatic N) is 6. The van der Waals surface area contributed by atoms with Gasteiger partial charge in [0, 0.05) is 55.6 Å². The molecule has 1 fully saturated rings. The first-order chi connectivity index (χ1) is 17.8. The van der Waals surface area contributed by atoms with E-state index in [-0.39, 0.29) is 17.1 Å². The SMILES string of the molecule is CC(C)(C)Cn1c(Cc2ccc(N3CCN(Cc4ccccc4)CC3=O)cc2)cc2cnc(C#N)nc21. The standard InChI is InChI=1S/C30H32N6O/c1-30(2,3)21-36-26(16-24-18-32-27(17-31)33-29(24)36)15-22-9-11-25(12-10-22)35-14-13-34(20-28(35)37)19-23-7-5-4-6-8-23/h4-12,16,18H,13-15,19-21H2,1-3H3. The molecule has 0 unspecified atom stereocenters. The Hall–Kier alpha value is -4.02. The van der Waals surface area contributed by atoms with E-state index in [4.69, 9.17) is 0 Å². The van der Waals surface area contributed by atoms with E-state index in [9.17, 15) is 10.1 Å². The van der Waals surface area contributed by atoms with E-state index in [1.807, 2.05) is 35.2 Å². The molecule has 1 amide bonds. The van der Waals surface area contributed by atoms with Crippen molar-refractivity contribution in [3.05, 3.63) is 89.5 Å². The van der Waals surface area contributed by atoms with E-state index in [0.717, 1.165) is 54.0 Å². The van der Waals surface area contributed by atoms with Gasteiger partial charge in [0.15, 0.2) is 0 Å². The van der Waals surface area contributed by atoms with Crippen molar-refractivity contribution < 1.29 is 4.79 Å². The van der Waals surface area contributed by atoms with Gasteiger partial charge in [0.05, 0.1) is 6.54 Å². The summed E-state index contributed by atoms with van der Waals surface area (Å²) in [7, 11) is 0. The summed E-state index contributed by atoms with van der Waals surface area (Å²) in [5, 5.41) is 10.2. The van der Waals surface area contributed by atoms with Gasteiger partial charge in [-0.15, -0.1) is 0 Å². The third-order valence-corrected chi connectivity index (χ3v) is 6.63. The van der Waals surface area contributed by atoms with Gasteiger partial charge < -0.3 is 9.47 Å². The third kappa shape index (κ3) is 5.71. The van der Waals surface area contributed by atoms with Gasteiger partial charge in [-0.05, 0) is 34.7 Å². The fourth-order valence-corrected chi connectivity index (χ4v) is 4.92. The van der Waals surface area contributed by atoms with Crippen LogP contribution in [0.1, 0.15) is 43.4 Å².